The number of anilines is 1. The van der Waals surface area contributed by atoms with Crippen molar-refractivity contribution in [2.45, 2.75) is 13.8 Å². The average molecular weight is 323 g/mol. The van der Waals surface area contributed by atoms with Crippen LogP contribution >= 0.6 is 0 Å². The fourth-order valence-electron chi connectivity index (χ4n) is 2.14. The Morgan fingerprint density at radius 1 is 1.17 bits per heavy atom. The highest BCUT2D eigenvalue weighted by Gasteiger charge is 2.08. The molecule has 122 valence electrons. The maximum absolute atomic E-state index is 12.1. The number of aryl methyl sites for hydroxylation is 2. The van der Waals surface area contributed by atoms with E-state index in [-0.39, 0.29) is 12.5 Å². The van der Waals surface area contributed by atoms with Gasteiger partial charge in [0.05, 0.1) is 5.69 Å². The number of benzene rings is 2. The highest BCUT2D eigenvalue weighted by Crippen LogP contribution is 2.19. The van der Waals surface area contributed by atoms with Gasteiger partial charge in [0, 0.05) is 5.69 Å². The van der Waals surface area contributed by atoms with Crippen LogP contribution in [0.15, 0.2) is 48.8 Å². The number of carbonyl (C=O) groups excluding carboxylic acids is 1. The first-order valence-corrected chi connectivity index (χ1v) is 7.45. The van der Waals surface area contributed by atoms with Gasteiger partial charge in [0.15, 0.2) is 6.61 Å². The number of nitrogens with zero attached hydrogens (tertiary/aromatic N) is 4. The minimum atomic E-state index is -0.229. The Morgan fingerprint density at radius 3 is 2.67 bits per heavy atom. The number of nitrogens with one attached hydrogen (secondary N) is 1. The van der Waals surface area contributed by atoms with Crippen molar-refractivity contribution in [2.75, 3.05) is 11.9 Å². The number of hydrogen-bond acceptors (Lipinski definition) is 5. The van der Waals surface area contributed by atoms with Crippen molar-refractivity contribution in [2.24, 2.45) is 0 Å². The van der Waals surface area contributed by atoms with Crippen molar-refractivity contribution in [3.05, 3.63) is 59.9 Å². The van der Waals surface area contributed by atoms with E-state index >= 15 is 0 Å². The second kappa shape index (κ2) is 6.91. The summed E-state index contributed by atoms with van der Waals surface area (Å²) in [6.45, 7) is 3.86. The minimum absolute atomic E-state index is 0.0579. The first-order valence-electron chi connectivity index (χ1n) is 7.45. The molecule has 0 spiro atoms. The Hall–Kier alpha value is -3.22. The monoisotopic (exact) mass is 323 g/mol. The molecule has 0 aliphatic carbocycles. The molecule has 0 fully saturated rings. The van der Waals surface area contributed by atoms with Gasteiger partial charge in [0.1, 0.15) is 12.1 Å². The van der Waals surface area contributed by atoms with E-state index in [1.807, 2.05) is 56.3 Å². The number of hydrogen-bond donors (Lipinski definition) is 1. The molecule has 0 saturated carbocycles. The molecular weight excluding hydrogens is 306 g/mol. The molecule has 24 heavy (non-hydrogen) atoms. The van der Waals surface area contributed by atoms with Crippen molar-refractivity contribution in [1.29, 1.82) is 0 Å². The Labute approximate surface area is 139 Å². The zero-order valence-electron chi connectivity index (χ0n) is 13.4. The predicted octanol–water partition coefficient (Wildman–Crippen LogP) is 2.30. The normalized spacial score (nSPS) is 10.4. The minimum Gasteiger partial charge on any atom is -0.484 e. The van der Waals surface area contributed by atoms with Gasteiger partial charge in [-0.05, 0) is 54.1 Å². The van der Waals surface area contributed by atoms with Crippen LogP contribution in [0.1, 0.15) is 11.1 Å². The van der Waals surface area contributed by atoms with Crippen molar-refractivity contribution in [3.8, 4) is 11.4 Å². The van der Waals surface area contributed by atoms with Crippen LogP contribution in [-0.4, -0.2) is 32.7 Å². The first-order chi connectivity index (χ1) is 11.6. The van der Waals surface area contributed by atoms with E-state index in [2.05, 4.69) is 20.8 Å². The van der Waals surface area contributed by atoms with E-state index in [9.17, 15) is 4.79 Å². The van der Waals surface area contributed by atoms with E-state index in [0.717, 1.165) is 16.8 Å². The maximum Gasteiger partial charge on any atom is 0.262 e. The van der Waals surface area contributed by atoms with Gasteiger partial charge in [0.2, 0.25) is 0 Å². The van der Waals surface area contributed by atoms with Crippen molar-refractivity contribution >= 4 is 11.6 Å². The summed E-state index contributed by atoms with van der Waals surface area (Å²) in [6, 6.07) is 13.1. The van der Waals surface area contributed by atoms with E-state index in [4.69, 9.17) is 4.74 Å². The lowest BCUT2D eigenvalue weighted by Crippen LogP contribution is -2.20. The third kappa shape index (κ3) is 3.75. The average Bonchev–Trinajstić information content (AvgIpc) is 3.11. The van der Waals surface area contributed by atoms with Crippen LogP contribution in [0, 0.1) is 13.8 Å². The molecule has 1 amide bonds. The van der Waals surface area contributed by atoms with Gasteiger partial charge in [-0.2, -0.15) is 0 Å². The number of ether oxygens (including phenoxy) is 1. The lowest BCUT2D eigenvalue weighted by Gasteiger charge is -2.11. The van der Waals surface area contributed by atoms with Crippen LogP contribution in [0.3, 0.4) is 0 Å². The Bertz CT molecular complexity index is 829. The molecule has 0 saturated heterocycles. The van der Waals surface area contributed by atoms with Crippen LogP contribution in [-0.2, 0) is 4.79 Å². The number of carbonyl (C=O) groups is 1. The smallest absolute Gasteiger partial charge is 0.262 e. The molecular formula is C17H17N5O2. The molecule has 1 heterocycles. The van der Waals surface area contributed by atoms with Crippen molar-refractivity contribution in [1.82, 2.24) is 20.2 Å². The Balaban J connectivity index is 1.65. The fraction of sp³-hybridized carbons (Fsp3) is 0.176. The summed E-state index contributed by atoms with van der Waals surface area (Å²) in [5, 5.41) is 13.9. The van der Waals surface area contributed by atoms with Gasteiger partial charge in [-0.1, -0.05) is 23.8 Å². The summed E-state index contributed by atoms with van der Waals surface area (Å²) in [7, 11) is 0. The summed E-state index contributed by atoms with van der Waals surface area (Å²) in [5.74, 6) is 0.433. The predicted molar refractivity (Wildman–Crippen MR) is 89.2 cm³/mol. The van der Waals surface area contributed by atoms with Crippen LogP contribution in [0.5, 0.6) is 5.75 Å². The number of rotatable bonds is 5. The molecule has 0 bridgehead atoms. The standard InChI is InChI=1S/C17H17N5O2/c1-12-3-7-15(8-4-12)24-10-17(23)19-16-9-14(6-5-13(16)2)22-11-18-20-21-22/h3-9,11H,10H2,1-2H3,(H,19,23). The summed E-state index contributed by atoms with van der Waals surface area (Å²) in [5.41, 5.74) is 3.54. The van der Waals surface area contributed by atoms with Gasteiger partial charge in [0.25, 0.3) is 5.91 Å². The molecule has 0 radical (unpaired) electrons. The van der Waals surface area contributed by atoms with E-state index in [1.54, 1.807) is 0 Å². The summed E-state index contributed by atoms with van der Waals surface area (Å²) < 4.78 is 7.01. The number of amides is 1. The molecule has 7 nitrogen and oxygen atoms in total. The molecule has 3 aromatic rings. The molecule has 2 aromatic carbocycles. The molecule has 3 rings (SSSR count). The topological polar surface area (TPSA) is 81.9 Å². The zero-order chi connectivity index (χ0) is 16.9. The molecule has 1 aromatic heterocycles. The second-order valence-electron chi connectivity index (χ2n) is 5.40. The van der Waals surface area contributed by atoms with Gasteiger partial charge < -0.3 is 10.1 Å². The molecule has 0 unspecified atom stereocenters. The first kappa shape index (κ1) is 15.7. The molecule has 0 atom stereocenters. The second-order valence-corrected chi connectivity index (χ2v) is 5.40. The quantitative estimate of drug-likeness (QED) is 0.779. The van der Waals surface area contributed by atoms with Crippen LogP contribution in [0.4, 0.5) is 5.69 Å². The lowest BCUT2D eigenvalue weighted by atomic mass is 10.2. The van der Waals surface area contributed by atoms with Crippen LogP contribution in [0.25, 0.3) is 5.69 Å². The van der Waals surface area contributed by atoms with E-state index in [1.165, 1.54) is 11.0 Å². The van der Waals surface area contributed by atoms with Crippen molar-refractivity contribution in [3.63, 3.8) is 0 Å². The van der Waals surface area contributed by atoms with Crippen LogP contribution < -0.4 is 10.1 Å². The summed E-state index contributed by atoms with van der Waals surface area (Å²) in [4.78, 5) is 12.1. The Kier molecular flexibility index (Phi) is 4.51. The largest absolute Gasteiger partial charge is 0.484 e. The maximum atomic E-state index is 12.1. The molecule has 1 N–H and O–H groups in total. The highest BCUT2D eigenvalue weighted by molar-refractivity contribution is 5.92. The SMILES string of the molecule is Cc1ccc(OCC(=O)Nc2cc(-n3cnnn3)ccc2C)cc1. The third-order valence-corrected chi connectivity index (χ3v) is 3.50. The Morgan fingerprint density at radius 2 is 1.96 bits per heavy atom. The number of tetrazole rings is 1. The van der Waals surface area contributed by atoms with Gasteiger partial charge in [-0.3, -0.25) is 4.79 Å². The summed E-state index contributed by atoms with van der Waals surface area (Å²) >= 11 is 0. The van der Waals surface area contributed by atoms with E-state index < -0.39 is 0 Å². The molecule has 0 aliphatic rings. The third-order valence-electron chi connectivity index (χ3n) is 3.50. The summed E-state index contributed by atoms with van der Waals surface area (Å²) in [6.07, 6.45) is 1.50. The van der Waals surface area contributed by atoms with Gasteiger partial charge in [-0.25, -0.2) is 4.68 Å². The lowest BCUT2D eigenvalue weighted by molar-refractivity contribution is -0.118. The van der Waals surface area contributed by atoms with Crippen LogP contribution in [0.2, 0.25) is 0 Å². The highest BCUT2D eigenvalue weighted by atomic mass is 16.5. The molecule has 0 aliphatic heterocycles. The van der Waals surface area contributed by atoms with Gasteiger partial charge in [-0.15, -0.1) is 5.10 Å². The van der Waals surface area contributed by atoms with E-state index in [0.29, 0.717) is 11.4 Å². The molecule has 7 heteroatoms. The number of aromatic nitrogens is 4. The zero-order valence-corrected chi connectivity index (χ0v) is 13.4. The van der Waals surface area contributed by atoms with Crippen molar-refractivity contribution < 1.29 is 9.53 Å². The fourth-order valence-corrected chi connectivity index (χ4v) is 2.14. The van der Waals surface area contributed by atoms with Gasteiger partial charge >= 0.3 is 0 Å².